The maximum Gasteiger partial charge on any atom is 0.416 e. The number of hydrogen-bond acceptors (Lipinski definition) is 6. The van der Waals surface area contributed by atoms with Crippen molar-refractivity contribution >= 4 is 17.1 Å². The van der Waals surface area contributed by atoms with Gasteiger partial charge in [0.05, 0.1) is 17.3 Å². The van der Waals surface area contributed by atoms with E-state index >= 15 is 0 Å². The molecule has 0 spiro atoms. The predicted molar refractivity (Wildman–Crippen MR) is 107 cm³/mol. The molecule has 1 aliphatic heterocycles. The van der Waals surface area contributed by atoms with E-state index in [-0.39, 0.29) is 11.1 Å². The van der Waals surface area contributed by atoms with E-state index in [1.165, 1.54) is 6.92 Å². The molecule has 1 atom stereocenters. The molecule has 1 aromatic carbocycles. The van der Waals surface area contributed by atoms with Gasteiger partial charge in [-0.15, -0.1) is 0 Å². The van der Waals surface area contributed by atoms with Crippen molar-refractivity contribution in [3.8, 4) is 17.1 Å². The lowest BCUT2D eigenvalue weighted by molar-refractivity contribution is -0.137. The van der Waals surface area contributed by atoms with E-state index in [1.807, 2.05) is 7.05 Å². The number of anilines is 1. The molecule has 3 heterocycles. The summed E-state index contributed by atoms with van der Waals surface area (Å²) in [6.45, 7) is 3.47. The average Bonchev–Trinajstić information content (AvgIpc) is 3.23. The van der Waals surface area contributed by atoms with Crippen LogP contribution in [-0.4, -0.2) is 62.8 Å². The minimum absolute atomic E-state index is 0.234. The summed E-state index contributed by atoms with van der Waals surface area (Å²) in [7, 11) is 5.74. The first kappa shape index (κ1) is 20.4. The van der Waals surface area contributed by atoms with Gasteiger partial charge in [0.1, 0.15) is 17.4 Å². The van der Waals surface area contributed by atoms with Crippen molar-refractivity contribution in [3.63, 3.8) is 0 Å². The molecule has 1 unspecified atom stereocenters. The summed E-state index contributed by atoms with van der Waals surface area (Å²) < 4.78 is 40.8. The van der Waals surface area contributed by atoms with E-state index in [1.54, 1.807) is 17.8 Å². The van der Waals surface area contributed by atoms with Crippen molar-refractivity contribution in [1.29, 1.82) is 0 Å². The van der Waals surface area contributed by atoms with Crippen molar-refractivity contribution in [2.24, 2.45) is 7.05 Å². The van der Waals surface area contributed by atoms with Crippen LogP contribution in [0, 0.1) is 6.92 Å². The van der Waals surface area contributed by atoms with Crippen LogP contribution in [-0.2, 0) is 13.2 Å². The number of nitrogens with zero attached hydrogens (tertiary/aromatic N) is 6. The quantitative estimate of drug-likeness (QED) is 0.702. The van der Waals surface area contributed by atoms with Gasteiger partial charge >= 0.3 is 6.18 Å². The Labute approximate surface area is 171 Å². The number of aryl methyl sites for hydroxylation is 2. The summed E-state index contributed by atoms with van der Waals surface area (Å²) in [4.78, 5) is 17.9. The molecule has 10 heteroatoms. The fraction of sp³-hybridized carbons (Fsp3) is 0.450. The first-order chi connectivity index (χ1) is 14.1. The summed E-state index contributed by atoms with van der Waals surface area (Å²) in [5.74, 6) is 0.516. The van der Waals surface area contributed by atoms with Crippen LogP contribution < -0.4 is 4.90 Å². The van der Waals surface area contributed by atoms with Crippen LogP contribution in [0.3, 0.4) is 0 Å². The first-order valence-corrected chi connectivity index (χ1v) is 9.58. The smallest absolute Gasteiger partial charge is 0.416 e. The lowest BCUT2D eigenvalue weighted by Crippen LogP contribution is -2.34. The summed E-state index contributed by atoms with van der Waals surface area (Å²) in [5.41, 5.74) is 0.470. The van der Waals surface area contributed by atoms with Gasteiger partial charge in [-0.3, -0.25) is 0 Å². The van der Waals surface area contributed by atoms with E-state index in [0.29, 0.717) is 29.0 Å². The SMILES string of the molecule is Cc1cc(C(F)(F)F)cc(O)c1-c1nc2nc(N(C)C3CCN(C)C3)cnc2n1C. The fourth-order valence-corrected chi connectivity index (χ4v) is 3.98. The highest BCUT2D eigenvalue weighted by molar-refractivity contribution is 5.79. The number of benzene rings is 1. The summed E-state index contributed by atoms with van der Waals surface area (Å²) in [6, 6.07) is 2.05. The maximum absolute atomic E-state index is 13.0. The summed E-state index contributed by atoms with van der Waals surface area (Å²) in [6.07, 6.45) is -1.84. The molecule has 30 heavy (non-hydrogen) atoms. The Hall–Kier alpha value is -2.88. The topological polar surface area (TPSA) is 70.3 Å². The summed E-state index contributed by atoms with van der Waals surface area (Å²) in [5, 5.41) is 10.3. The highest BCUT2D eigenvalue weighted by atomic mass is 19.4. The Kier molecular flexibility index (Phi) is 4.84. The van der Waals surface area contributed by atoms with Crippen LogP contribution in [0.4, 0.5) is 19.0 Å². The highest BCUT2D eigenvalue weighted by Gasteiger charge is 2.32. The second-order valence-electron chi connectivity index (χ2n) is 7.87. The van der Waals surface area contributed by atoms with Crippen molar-refractivity contribution in [2.75, 3.05) is 32.1 Å². The number of imidazole rings is 1. The molecular formula is C20H23F3N6O. The summed E-state index contributed by atoms with van der Waals surface area (Å²) >= 11 is 0. The van der Waals surface area contributed by atoms with Crippen LogP contribution in [0.25, 0.3) is 22.7 Å². The van der Waals surface area contributed by atoms with Crippen LogP contribution in [0.1, 0.15) is 17.5 Å². The second-order valence-corrected chi connectivity index (χ2v) is 7.87. The Morgan fingerprint density at radius 3 is 2.53 bits per heavy atom. The largest absolute Gasteiger partial charge is 0.507 e. The van der Waals surface area contributed by atoms with Gasteiger partial charge in [-0.2, -0.15) is 13.2 Å². The van der Waals surface area contributed by atoms with Gasteiger partial charge < -0.3 is 19.5 Å². The third-order valence-corrected chi connectivity index (χ3v) is 5.71. The van der Waals surface area contributed by atoms with Crippen molar-refractivity contribution in [2.45, 2.75) is 25.6 Å². The fourth-order valence-electron chi connectivity index (χ4n) is 3.98. The molecule has 0 amide bonds. The molecule has 7 nitrogen and oxygen atoms in total. The van der Waals surface area contributed by atoms with Gasteiger partial charge in [-0.05, 0) is 44.6 Å². The molecule has 3 aromatic rings. The van der Waals surface area contributed by atoms with Gasteiger partial charge in [-0.1, -0.05) is 0 Å². The van der Waals surface area contributed by atoms with Crippen molar-refractivity contribution < 1.29 is 18.3 Å². The molecule has 1 aliphatic rings. The number of phenols is 1. The van der Waals surface area contributed by atoms with E-state index in [2.05, 4.69) is 31.8 Å². The van der Waals surface area contributed by atoms with Gasteiger partial charge in [0.25, 0.3) is 0 Å². The molecule has 0 bridgehead atoms. The van der Waals surface area contributed by atoms with E-state index in [0.717, 1.165) is 31.6 Å². The number of phenolic OH excluding ortho intramolecular Hbond substituents is 1. The zero-order valence-electron chi connectivity index (χ0n) is 17.2. The van der Waals surface area contributed by atoms with Gasteiger partial charge in [0.2, 0.25) is 0 Å². The number of fused-ring (bicyclic) bond motifs is 1. The normalized spacial score (nSPS) is 17.8. The van der Waals surface area contributed by atoms with Gasteiger partial charge in [0, 0.05) is 26.7 Å². The average molecular weight is 420 g/mol. The predicted octanol–water partition coefficient (Wildman–Crippen LogP) is 3.20. The maximum atomic E-state index is 13.0. The first-order valence-electron chi connectivity index (χ1n) is 9.58. The van der Waals surface area contributed by atoms with Crippen LogP contribution in [0.5, 0.6) is 5.75 Å². The Morgan fingerprint density at radius 2 is 1.93 bits per heavy atom. The molecular weight excluding hydrogens is 397 g/mol. The van der Waals surface area contributed by atoms with E-state index < -0.39 is 17.5 Å². The standard InChI is InChI=1S/C20H23F3N6O/c1-11-7-12(20(21,22)23)8-14(30)16(11)18-26-17-19(29(18)4)24-9-15(25-17)28(3)13-5-6-27(2)10-13/h7-9,13,30H,5-6,10H2,1-4H3. The zero-order valence-corrected chi connectivity index (χ0v) is 17.2. The number of hydrogen-bond donors (Lipinski definition) is 1. The molecule has 1 N–H and O–H groups in total. The lowest BCUT2D eigenvalue weighted by atomic mass is 10.0. The van der Waals surface area contributed by atoms with Crippen LogP contribution in [0.2, 0.25) is 0 Å². The highest BCUT2D eigenvalue weighted by Crippen LogP contribution is 2.39. The number of rotatable bonds is 3. The van der Waals surface area contributed by atoms with Crippen molar-refractivity contribution in [1.82, 2.24) is 24.4 Å². The second kappa shape index (κ2) is 7.12. The molecule has 2 aromatic heterocycles. The molecule has 1 fully saturated rings. The van der Waals surface area contributed by atoms with Gasteiger partial charge in [-0.25, -0.2) is 15.0 Å². The minimum Gasteiger partial charge on any atom is -0.507 e. The van der Waals surface area contributed by atoms with E-state index in [4.69, 9.17) is 0 Å². The monoisotopic (exact) mass is 420 g/mol. The lowest BCUT2D eigenvalue weighted by Gasteiger charge is -2.24. The molecule has 0 radical (unpaired) electrons. The Bertz CT molecular complexity index is 1090. The van der Waals surface area contributed by atoms with E-state index in [9.17, 15) is 18.3 Å². The number of likely N-dealkylation sites (tertiary alicyclic amines) is 1. The number of aromatic nitrogens is 4. The van der Waals surface area contributed by atoms with Crippen LogP contribution in [0.15, 0.2) is 18.3 Å². The number of likely N-dealkylation sites (N-methyl/N-ethyl adjacent to an activating group) is 2. The molecule has 160 valence electrons. The van der Waals surface area contributed by atoms with Crippen LogP contribution >= 0.6 is 0 Å². The molecule has 0 aliphatic carbocycles. The van der Waals surface area contributed by atoms with Crippen molar-refractivity contribution in [3.05, 3.63) is 29.5 Å². The van der Waals surface area contributed by atoms with Gasteiger partial charge in [0.15, 0.2) is 11.3 Å². The third-order valence-electron chi connectivity index (χ3n) is 5.71. The number of halogens is 3. The zero-order chi connectivity index (χ0) is 21.8. The molecule has 1 saturated heterocycles. The third kappa shape index (κ3) is 3.45. The number of alkyl halides is 3. The molecule has 0 saturated carbocycles. The Balaban J connectivity index is 1.76. The Morgan fingerprint density at radius 1 is 1.20 bits per heavy atom. The molecule has 4 rings (SSSR count). The number of aromatic hydroxyl groups is 1. The minimum atomic E-state index is -4.54.